The van der Waals surface area contributed by atoms with Crippen LogP contribution in [0.5, 0.6) is 0 Å². The molecule has 0 spiro atoms. The van der Waals surface area contributed by atoms with Crippen LogP contribution in [0.25, 0.3) is 10.2 Å². The molecule has 0 unspecified atom stereocenters. The van der Waals surface area contributed by atoms with Crippen LogP contribution >= 0.6 is 39.0 Å². The SMILES string of the molecule is Cc1ccc(Br)cc1NC(=O)CSc1nc2ccccc2s1. The monoisotopic (exact) mass is 392 g/mol. The maximum absolute atomic E-state index is 12.1. The molecule has 0 saturated carbocycles. The van der Waals surface area contributed by atoms with Gasteiger partial charge in [-0.2, -0.15) is 0 Å². The Morgan fingerprint density at radius 3 is 2.95 bits per heavy atom. The first-order valence-corrected chi connectivity index (χ1v) is 9.26. The van der Waals surface area contributed by atoms with Gasteiger partial charge in [-0.1, -0.05) is 45.9 Å². The van der Waals surface area contributed by atoms with Crippen LogP contribution in [0.15, 0.2) is 51.3 Å². The van der Waals surface area contributed by atoms with E-state index in [0.717, 1.165) is 30.3 Å². The van der Waals surface area contributed by atoms with Crippen LogP contribution < -0.4 is 5.32 Å². The van der Waals surface area contributed by atoms with Gasteiger partial charge >= 0.3 is 0 Å². The number of anilines is 1. The summed E-state index contributed by atoms with van der Waals surface area (Å²) in [7, 11) is 0. The van der Waals surface area contributed by atoms with E-state index in [2.05, 4.69) is 26.2 Å². The third-order valence-electron chi connectivity index (χ3n) is 3.07. The van der Waals surface area contributed by atoms with Gasteiger partial charge in [0, 0.05) is 10.2 Å². The molecular weight excluding hydrogens is 380 g/mol. The molecule has 0 aliphatic rings. The number of thioether (sulfide) groups is 1. The molecule has 1 heterocycles. The smallest absolute Gasteiger partial charge is 0.234 e. The summed E-state index contributed by atoms with van der Waals surface area (Å²) in [5, 5.41) is 2.94. The quantitative estimate of drug-likeness (QED) is 0.628. The number of amides is 1. The fraction of sp³-hybridized carbons (Fsp3) is 0.125. The highest BCUT2D eigenvalue weighted by atomic mass is 79.9. The second kappa shape index (κ2) is 6.81. The van der Waals surface area contributed by atoms with Gasteiger partial charge in [0.1, 0.15) is 0 Å². The number of nitrogens with one attached hydrogen (secondary N) is 1. The van der Waals surface area contributed by atoms with E-state index in [-0.39, 0.29) is 5.91 Å². The molecule has 0 aliphatic heterocycles. The molecule has 22 heavy (non-hydrogen) atoms. The van der Waals surface area contributed by atoms with Gasteiger partial charge in [-0.25, -0.2) is 4.98 Å². The van der Waals surface area contributed by atoms with Gasteiger partial charge in [0.25, 0.3) is 0 Å². The lowest BCUT2D eigenvalue weighted by molar-refractivity contribution is -0.113. The van der Waals surface area contributed by atoms with Gasteiger partial charge in [0.15, 0.2) is 4.34 Å². The van der Waals surface area contributed by atoms with Crippen molar-refractivity contribution in [3.05, 3.63) is 52.5 Å². The fourth-order valence-corrected chi connectivity index (χ4v) is 4.18. The Kier molecular flexibility index (Phi) is 4.81. The highest BCUT2D eigenvalue weighted by molar-refractivity contribution is 9.10. The maximum atomic E-state index is 12.1. The zero-order valence-electron chi connectivity index (χ0n) is 11.8. The van der Waals surface area contributed by atoms with Gasteiger partial charge < -0.3 is 5.32 Å². The normalized spacial score (nSPS) is 10.8. The molecule has 3 rings (SSSR count). The number of halogens is 1. The maximum Gasteiger partial charge on any atom is 0.234 e. The third-order valence-corrected chi connectivity index (χ3v) is 5.75. The van der Waals surface area contributed by atoms with Crippen molar-refractivity contribution in [3.63, 3.8) is 0 Å². The predicted molar refractivity (Wildman–Crippen MR) is 97.9 cm³/mol. The second-order valence-corrected chi connectivity index (χ2v) is 7.91. The van der Waals surface area contributed by atoms with E-state index in [1.807, 2.05) is 49.4 Å². The van der Waals surface area contributed by atoms with Gasteiger partial charge in [0.2, 0.25) is 5.91 Å². The average Bonchev–Trinajstić information content (AvgIpc) is 2.92. The number of benzene rings is 2. The summed E-state index contributed by atoms with van der Waals surface area (Å²) in [6, 6.07) is 13.8. The molecule has 1 amide bonds. The number of hydrogen-bond acceptors (Lipinski definition) is 4. The van der Waals surface area contributed by atoms with E-state index < -0.39 is 0 Å². The van der Waals surface area contributed by atoms with Crippen molar-refractivity contribution in [1.82, 2.24) is 4.98 Å². The Balaban J connectivity index is 1.63. The van der Waals surface area contributed by atoms with E-state index in [0.29, 0.717) is 5.75 Å². The summed E-state index contributed by atoms with van der Waals surface area (Å²) in [6.45, 7) is 1.97. The van der Waals surface area contributed by atoms with Crippen LogP contribution in [-0.2, 0) is 4.79 Å². The van der Waals surface area contributed by atoms with Crippen LogP contribution in [0.4, 0.5) is 5.69 Å². The number of nitrogens with zero attached hydrogens (tertiary/aromatic N) is 1. The molecule has 3 nitrogen and oxygen atoms in total. The Bertz CT molecular complexity index is 799. The summed E-state index contributed by atoms with van der Waals surface area (Å²) in [6.07, 6.45) is 0. The summed E-state index contributed by atoms with van der Waals surface area (Å²) in [5.41, 5.74) is 2.86. The number of para-hydroxylation sites is 1. The van der Waals surface area contributed by atoms with Crippen molar-refractivity contribution in [2.45, 2.75) is 11.3 Å². The molecule has 0 atom stereocenters. The number of carbonyl (C=O) groups excluding carboxylic acids is 1. The zero-order valence-corrected chi connectivity index (χ0v) is 15.0. The molecule has 0 fully saturated rings. The first-order valence-electron chi connectivity index (χ1n) is 6.66. The molecule has 0 aliphatic carbocycles. The van der Waals surface area contributed by atoms with Crippen molar-refractivity contribution in [2.75, 3.05) is 11.1 Å². The number of aryl methyl sites for hydroxylation is 1. The average molecular weight is 393 g/mol. The predicted octanol–water partition coefficient (Wildman–Crippen LogP) is 5.10. The van der Waals surface area contributed by atoms with Crippen LogP contribution in [0.1, 0.15) is 5.56 Å². The van der Waals surface area contributed by atoms with Gasteiger partial charge in [-0.15, -0.1) is 11.3 Å². The Morgan fingerprint density at radius 2 is 2.14 bits per heavy atom. The minimum atomic E-state index is -0.0227. The van der Waals surface area contributed by atoms with E-state index in [1.54, 1.807) is 11.3 Å². The number of aromatic nitrogens is 1. The van der Waals surface area contributed by atoms with Gasteiger partial charge in [0.05, 0.1) is 16.0 Å². The van der Waals surface area contributed by atoms with E-state index in [4.69, 9.17) is 0 Å². The second-order valence-electron chi connectivity index (χ2n) is 4.74. The van der Waals surface area contributed by atoms with Crippen LogP contribution in [-0.4, -0.2) is 16.6 Å². The number of rotatable bonds is 4. The molecule has 112 valence electrons. The minimum Gasteiger partial charge on any atom is -0.325 e. The van der Waals surface area contributed by atoms with E-state index in [1.165, 1.54) is 11.8 Å². The Morgan fingerprint density at radius 1 is 1.32 bits per heavy atom. The zero-order chi connectivity index (χ0) is 15.5. The molecule has 0 saturated heterocycles. The van der Waals surface area contributed by atoms with Crippen molar-refractivity contribution in [3.8, 4) is 0 Å². The van der Waals surface area contributed by atoms with Crippen LogP contribution in [0, 0.1) is 6.92 Å². The lowest BCUT2D eigenvalue weighted by Gasteiger charge is -2.08. The first kappa shape index (κ1) is 15.5. The summed E-state index contributed by atoms with van der Waals surface area (Å²) < 4.78 is 3.02. The number of thiazole rings is 1. The third kappa shape index (κ3) is 3.69. The Hall–Kier alpha value is -1.37. The molecule has 1 aromatic heterocycles. The van der Waals surface area contributed by atoms with E-state index in [9.17, 15) is 4.79 Å². The molecule has 0 bridgehead atoms. The highest BCUT2D eigenvalue weighted by Crippen LogP contribution is 2.29. The Labute approximate surface area is 145 Å². The summed E-state index contributed by atoms with van der Waals surface area (Å²) in [4.78, 5) is 16.6. The summed E-state index contributed by atoms with van der Waals surface area (Å²) >= 11 is 6.50. The van der Waals surface area contributed by atoms with E-state index >= 15 is 0 Å². The topological polar surface area (TPSA) is 42.0 Å². The molecular formula is C16H13BrN2OS2. The fourth-order valence-electron chi connectivity index (χ4n) is 1.96. The number of carbonyl (C=O) groups is 1. The molecule has 2 aromatic carbocycles. The van der Waals surface area contributed by atoms with Crippen molar-refractivity contribution in [2.24, 2.45) is 0 Å². The summed E-state index contributed by atoms with van der Waals surface area (Å²) in [5.74, 6) is 0.330. The standard InChI is InChI=1S/C16H13BrN2OS2/c1-10-6-7-11(17)8-13(10)18-15(20)9-21-16-19-12-4-2-3-5-14(12)22-16/h2-8H,9H2,1H3,(H,18,20). The van der Waals surface area contributed by atoms with Gasteiger partial charge in [-0.05, 0) is 36.8 Å². The lowest BCUT2D eigenvalue weighted by atomic mass is 10.2. The molecule has 3 aromatic rings. The molecule has 0 radical (unpaired) electrons. The van der Waals surface area contributed by atoms with Crippen LogP contribution in [0.2, 0.25) is 0 Å². The number of hydrogen-bond donors (Lipinski definition) is 1. The molecule has 6 heteroatoms. The highest BCUT2D eigenvalue weighted by Gasteiger charge is 2.09. The van der Waals surface area contributed by atoms with Crippen molar-refractivity contribution < 1.29 is 4.79 Å². The van der Waals surface area contributed by atoms with Crippen molar-refractivity contribution in [1.29, 1.82) is 0 Å². The van der Waals surface area contributed by atoms with Crippen molar-refractivity contribution >= 4 is 60.8 Å². The van der Waals surface area contributed by atoms with Crippen LogP contribution in [0.3, 0.4) is 0 Å². The first-order chi connectivity index (χ1) is 10.6. The lowest BCUT2D eigenvalue weighted by Crippen LogP contribution is -2.14. The largest absolute Gasteiger partial charge is 0.325 e. The number of fused-ring (bicyclic) bond motifs is 1. The minimum absolute atomic E-state index is 0.0227. The van der Waals surface area contributed by atoms with Gasteiger partial charge in [-0.3, -0.25) is 4.79 Å². The molecule has 1 N–H and O–H groups in total.